The van der Waals surface area contributed by atoms with Crippen molar-refractivity contribution in [2.45, 2.75) is 18.4 Å². The largest absolute Gasteiger partial charge is 0.326 e. The molecule has 0 aliphatic carbocycles. The Bertz CT molecular complexity index is 445. The molecule has 0 amide bonds. The summed E-state index contributed by atoms with van der Waals surface area (Å²) in [4.78, 5) is 0.0354. The summed E-state index contributed by atoms with van der Waals surface area (Å²) in [5.74, 6) is -0.495. The Morgan fingerprint density at radius 3 is 2.67 bits per heavy atom. The van der Waals surface area contributed by atoms with Gasteiger partial charge in [0.1, 0.15) is 5.82 Å². The van der Waals surface area contributed by atoms with Crippen LogP contribution in [0.3, 0.4) is 0 Å². The number of hydrogen-bond acceptors (Lipinski definition) is 3. The van der Waals surface area contributed by atoms with Gasteiger partial charge in [-0.2, -0.15) is 0 Å². The van der Waals surface area contributed by atoms with Gasteiger partial charge in [-0.15, -0.1) is 0 Å². The zero-order valence-corrected chi connectivity index (χ0v) is 9.14. The monoisotopic (exact) mass is 232 g/mol. The minimum absolute atomic E-state index is 0.0162. The van der Waals surface area contributed by atoms with E-state index >= 15 is 0 Å². The number of hydrogen-bond donors (Lipinski definition) is 2. The molecule has 0 unspecified atom stereocenters. The highest BCUT2D eigenvalue weighted by Gasteiger charge is 2.16. The van der Waals surface area contributed by atoms with Crippen LogP contribution in [0.4, 0.5) is 4.39 Å². The molecule has 0 atom stereocenters. The molecule has 4 nitrogen and oxygen atoms in total. The van der Waals surface area contributed by atoms with Crippen LogP contribution in [0.15, 0.2) is 23.1 Å². The summed E-state index contributed by atoms with van der Waals surface area (Å²) in [6.07, 6.45) is 0. The number of halogens is 1. The summed E-state index contributed by atoms with van der Waals surface area (Å²) in [7, 11) is -3.57. The topological polar surface area (TPSA) is 72.2 Å². The second-order valence-electron chi connectivity index (χ2n) is 2.96. The molecule has 1 rings (SSSR count). The van der Waals surface area contributed by atoms with Gasteiger partial charge in [-0.25, -0.2) is 17.5 Å². The van der Waals surface area contributed by atoms with Crippen LogP contribution in [-0.4, -0.2) is 15.0 Å². The Hall–Kier alpha value is -0.980. The van der Waals surface area contributed by atoms with Crippen LogP contribution in [0.1, 0.15) is 12.5 Å². The third-order valence-electron chi connectivity index (χ3n) is 1.87. The van der Waals surface area contributed by atoms with Gasteiger partial charge in [0.25, 0.3) is 0 Å². The van der Waals surface area contributed by atoms with Crippen molar-refractivity contribution < 1.29 is 12.8 Å². The number of nitrogens with two attached hydrogens (primary N) is 1. The quantitative estimate of drug-likeness (QED) is 0.797. The highest BCUT2D eigenvalue weighted by Crippen LogP contribution is 2.16. The Balaban J connectivity index is 3.25. The SMILES string of the molecule is CCNS(=O)(=O)c1ccc(F)cc1CN. The summed E-state index contributed by atoms with van der Waals surface area (Å²) in [5, 5.41) is 0. The molecule has 3 N–H and O–H groups in total. The lowest BCUT2D eigenvalue weighted by molar-refractivity contribution is 0.581. The molecule has 0 saturated heterocycles. The van der Waals surface area contributed by atoms with Gasteiger partial charge in [0.15, 0.2) is 0 Å². The molecular weight excluding hydrogens is 219 g/mol. The average Bonchev–Trinajstić information content (AvgIpc) is 2.17. The molecule has 84 valence electrons. The van der Waals surface area contributed by atoms with Crippen LogP contribution >= 0.6 is 0 Å². The van der Waals surface area contributed by atoms with Crippen LogP contribution in [-0.2, 0) is 16.6 Å². The molecule has 15 heavy (non-hydrogen) atoms. The first-order chi connectivity index (χ1) is 7.01. The van der Waals surface area contributed by atoms with E-state index in [0.717, 1.165) is 12.1 Å². The van der Waals surface area contributed by atoms with Crippen LogP contribution in [0, 0.1) is 5.82 Å². The zero-order chi connectivity index (χ0) is 11.5. The van der Waals surface area contributed by atoms with E-state index in [4.69, 9.17) is 5.73 Å². The van der Waals surface area contributed by atoms with Gasteiger partial charge in [-0.05, 0) is 23.8 Å². The predicted molar refractivity (Wildman–Crippen MR) is 55.2 cm³/mol. The summed E-state index contributed by atoms with van der Waals surface area (Å²) < 4.78 is 38.4. The van der Waals surface area contributed by atoms with Crippen molar-refractivity contribution in [3.8, 4) is 0 Å². The maximum absolute atomic E-state index is 12.8. The Morgan fingerprint density at radius 1 is 1.47 bits per heavy atom. The molecule has 0 spiro atoms. The number of rotatable bonds is 4. The van der Waals surface area contributed by atoms with Crippen LogP contribution in [0.2, 0.25) is 0 Å². The Labute approximate surface area is 88.3 Å². The summed E-state index contributed by atoms with van der Waals surface area (Å²) >= 11 is 0. The van der Waals surface area contributed by atoms with Crippen molar-refractivity contribution in [1.82, 2.24) is 4.72 Å². The molecule has 0 saturated carbocycles. The van der Waals surface area contributed by atoms with Crippen LogP contribution < -0.4 is 10.5 Å². The highest BCUT2D eigenvalue weighted by molar-refractivity contribution is 7.89. The maximum Gasteiger partial charge on any atom is 0.240 e. The molecule has 0 heterocycles. The summed E-state index contributed by atoms with van der Waals surface area (Å²) in [6.45, 7) is 1.94. The lowest BCUT2D eigenvalue weighted by atomic mass is 10.2. The first-order valence-corrected chi connectivity index (χ1v) is 5.97. The Kier molecular flexibility index (Phi) is 3.78. The van der Waals surface area contributed by atoms with Gasteiger partial charge >= 0.3 is 0 Å². The minimum Gasteiger partial charge on any atom is -0.326 e. The molecule has 0 bridgehead atoms. The summed E-state index contributed by atoms with van der Waals surface area (Å²) in [5.41, 5.74) is 5.63. The van der Waals surface area contributed by atoms with E-state index in [2.05, 4.69) is 4.72 Å². The number of nitrogens with one attached hydrogen (secondary N) is 1. The molecule has 1 aromatic carbocycles. The molecule has 0 aliphatic rings. The third kappa shape index (κ3) is 2.74. The van der Waals surface area contributed by atoms with Gasteiger partial charge in [-0.1, -0.05) is 6.92 Å². The number of benzene rings is 1. The van der Waals surface area contributed by atoms with Crippen molar-refractivity contribution in [2.24, 2.45) is 5.73 Å². The van der Waals surface area contributed by atoms with Gasteiger partial charge in [0, 0.05) is 13.1 Å². The standard InChI is InChI=1S/C9H13FN2O2S/c1-2-12-15(13,14)9-4-3-8(10)5-7(9)6-11/h3-5,12H,2,6,11H2,1H3. The van der Waals surface area contributed by atoms with E-state index in [1.807, 2.05) is 0 Å². The lowest BCUT2D eigenvalue weighted by Crippen LogP contribution is -2.24. The predicted octanol–water partition coefficient (Wildman–Crippen LogP) is 0.583. The van der Waals surface area contributed by atoms with Crippen molar-refractivity contribution in [1.29, 1.82) is 0 Å². The van der Waals surface area contributed by atoms with E-state index in [9.17, 15) is 12.8 Å². The van der Waals surface area contributed by atoms with Gasteiger partial charge in [-0.3, -0.25) is 0 Å². The van der Waals surface area contributed by atoms with E-state index in [-0.39, 0.29) is 23.5 Å². The lowest BCUT2D eigenvalue weighted by Gasteiger charge is -2.08. The minimum atomic E-state index is -3.57. The average molecular weight is 232 g/mol. The van der Waals surface area contributed by atoms with Crippen LogP contribution in [0.25, 0.3) is 0 Å². The third-order valence-corrected chi connectivity index (χ3v) is 3.51. The molecule has 6 heteroatoms. The fourth-order valence-corrected chi connectivity index (χ4v) is 2.51. The van der Waals surface area contributed by atoms with Crippen molar-refractivity contribution >= 4 is 10.0 Å². The van der Waals surface area contributed by atoms with E-state index < -0.39 is 15.8 Å². The van der Waals surface area contributed by atoms with Crippen molar-refractivity contribution in [2.75, 3.05) is 6.54 Å². The molecular formula is C9H13FN2O2S. The van der Waals surface area contributed by atoms with E-state index in [1.54, 1.807) is 6.92 Å². The second-order valence-corrected chi connectivity index (χ2v) is 4.69. The Morgan fingerprint density at radius 2 is 2.13 bits per heavy atom. The number of sulfonamides is 1. The fraction of sp³-hybridized carbons (Fsp3) is 0.333. The maximum atomic E-state index is 12.8. The fourth-order valence-electron chi connectivity index (χ4n) is 1.24. The molecule has 0 aromatic heterocycles. The van der Waals surface area contributed by atoms with Crippen molar-refractivity contribution in [3.63, 3.8) is 0 Å². The van der Waals surface area contributed by atoms with Crippen LogP contribution in [0.5, 0.6) is 0 Å². The second kappa shape index (κ2) is 4.69. The summed E-state index contributed by atoms with van der Waals surface area (Å²) in [6, 6.07) is 3.45. The highest BCUT2D eigenvalue weighted by atomic mass is 32.2. The first-order valence-electron chi connectivity index (χ1n) is 4.49. The smallest absolute Gasteiger partial charge is 0.240 e. The molecule has 0 radical (unpaired) electrons. The van der Waals surface area contributed by atoms with E-state index in [1.165, 1.54) is 6.07 Å². The molecule has 0 fully saturated rings. The van der Waals surface area contributed by atoms with Crippen molar-refractivity contribution in [3.05, 3.63) is 29.6 Å². The van der Waals surface area contributed by atoms with Gasteiger partial charge in [0.05, 0.1) is 4.90 Å². The van der Waals surface area contributed by atoms with Gasteiger partial charge in [0.2, 0.25) is 10.0 Å². The van der Waals surface area contributed by atoms with Gasteiger partial charge < -0.3 is 5.73 Å². The zero-order valence-electron chi connectivity index (χ0n) is 8.33. The molecule has 0 aliphatic heterocycles. The van der Waals surface area contributed by atoms with E-state index in [0.29, 0.717) is 0 Å². The molecule has 1 aromatic rings. The normalized spacial score (nSPS) is 11.7. The first kappa shape index (κ1) is 12.1.